The van der Waals surface area contributed by atoms with Gasteiger partial charge in [-0.3, -0.25) is 4.79 Å². The van der Waals surface area contributed by atoms with Crippen molar-refractivity contribution in [3.8, 4) is 0 Å². The zero-order valence-electron chi connectivity index (χ0n) is 14.3. The van der Waals surface area contributed by atoms with E-state index in [2.05, 4.69) is 31.1 Å². The fourth-order valence-corrected chi connectivity index (χ4v) is 2.98. The van der Waals surface area contributed by atoms with E-state index in [9.17, 15) is 9.90 Å². The Hall–Kier alpha value is -1.98. The van der Waals surface area contributed by atoms with Gasteiger partial charge in [0.1, 0.15) is 0 Å². The van der Waals surface area contributed by atoms with Gasteiger partial charge in [-0.25, -0.2) is 4.98 Å². The third-order valence-corrected chi connectivity index (χ3v) is 4.78. The number of hydrogen-bond acceptors (Lipinski definition) is 4. The summed E-state index contributed by atoms with van der Waals surface area (Å²) < 4.78 is 0. The van der Waals surface area contributed by atoms with Crippen LogP contribution in [0.1, 0.15) is 36.2 Å². The van der Waals surface area contributed by atoms with Crippen LogP contribution in [0.4, 0.5) is 0 Å². The van der Waals surface area contributed by atoms with Crippen LogP contribution in [0, 0.1) is 0 Å². The van der Waals surface area contributed by atoms with Crippen molar-refractivity contribution in [3.05, 3.63) is 58.1 Å². The van der Waals surface area contributed by atoms with Crippen molar-refractivity contribution in [2.45, 2.75) is 38.7 Å². The first-order valence-corrected chi connectivity index (χ1v) is 8.80. The molecule has 0 aliphatic rings. The SMILES string of the molecule is CC(C)(C)c1ncc(/C=C/C(=O)NCC(O)Cc2ccccc2)s1. The van der Waals surface area contributed by atoms with Crippen molar-refractivity contribution in [1.82, 2.24) is 10.3 Å². The van der Waals surface area contributed by atoms with Gasteiger partial charge < -0.3 is 10.4 Å². The standard InChI is InChI=1S/C19H24N2O2S/c1-19(2,3)18-21-13-16(24-18)9-10-17(23)20-12-15(22)11-14-7-5-4-6-8-14/h4-10,13,15,22H,11-12H2,1-3H3,(H,20,23)/b10-9+. The number of aliphatic hydroxyl groups excluding tert-OH is 1. The van der Waals surface area contributed by atoms with Crippen LogP contribution in [0.15, 0.2) is 42.6 Å². The van der Waals surface area contributed by atoms with Crippen molar-refractivity contribution in [3.63, 3.8) is 0 Å². The van der Waals surface area contributed by atoms with Crippen molar-refractivity contribution in [2.24, 2.45) is 0 Å². The molecule has 0 bridgehead atoms. The summed E-state index contributed by atoms with van der Waals surface area (Å²) in [5.41, 5.74) is 1.06. The van der Waals surface area contributed by atoms with Crippen LogP contribution < -0.4 is 5.32 Å². The van der Waals surface area contributed by atoms with Gasteiger partial charge in [-0.1, -0.05) is 51.1 Å². The summed E-state index contributed by atoms with van der Waals surface area (Å²) in [6, 6.07) is 9.73. The lowest BCUT2D eigenvalue weighted by molar-refractivity contribution is -0.116. The normalized spacial score (nSPS) is 13.2. The van der Waals surface area contributed by atoms with Crippen LogP contribution in [0.3, 0.4) is 0 Å². The fraction of sp³-hybridized carbons (Fsp3) is 0.368. The van der Waals surface area contributed by atoms with E-state index < -0.39 is 6.10 Å². The minimum Gasteiger partial charge on any atom is -0.391 e. The monoisotopic (exact) mass is 344 g/mol. The molecule has 1 aromatic carbocycles. The Bertz CT molecular complexity index is 687. The number of hydrogen-bond donors (Lipinski definition) is 2. The summed E-state index contributed by atoms with van der Waals surface area (Å²) in [4.78, 5) is 17.2. The average molecular weight is 344 g/mol. The third-order valence-electron chi connectivity index (χ3n) is 3.39. The second kappa shape index (κ2) is 8.22. The molecule has 128 valence electrons. The first kappa shape index (κ1) is 18.4. The Morgan fingerprint density at radius 2 is 2.04 bits per heavy atom. The lowest BCUT2D eigenvalue weighted by atomic mass is 9.98. The number of aliphatic hydroxyl groups is 1. The number of amides is 1. The van der Waals surface area contributed by atoms with Gasteiger partial charge >= 0.3 is 0 Å². The largest absolute Gasteiger partial charge is 0.391 e. The maximum Gasteiger partial charge on any atom is 0.244 e. The van der Waals surface area contributed by atoms with E-state index in [-0.39, 0.29) is 17.9 Å². The maximum atomic E-state index is 11.9. The Labute approximate surface area is 147 Å². The molecule has 1 unspecified atom stereocenters. The molecule has 4 nitrogen and oxygen atoms in total. The first-order chi connectivity index (χ1) is 11.3. The molecule has 0 saturated heterocycles. The van der Waals surface area contributed by atoms with E-state index in [0.717, 1.165) is 15.4 Å². The maximum absolute atomic E-state index is 11.9. The second-order valence-corrected chi connectivity index (χ2v) is 7.80. The first-order valence-electron chi connectivity index (χ1n) is 7.99. The highest BCUT2D eigenvalue weighted by Crippen LogP contribution is 2.27. The molecule has 2 N–H and O–H groups in total. The van der Waals surface area contributed by atoms with E-state index >= 15 is 0 Å². The number of rotatable bonds is 6. The predicted molar refractivity (Wildman–Crippen MR) is 99.0 cm³/mol. The number of nitrogens with one attached hydrogen (secondary N) is 1. The molecule has 0 aliphatic heterocycles. The number of benzene rings is 1. The summed E-state index contributed by atoms with van der Waals surface area (Å²) in [6.07, 6.45) is 4.94. The van der Waals surface area contributed by atoms with Crippen LogP contribution >= 0.6 is 11.3 Å². The summed E-state index contributed by atoms with van der Waals surface area (Å²) in [5, 5.41) is 13.7. The second-order valence-electron chi connectivity index (χ2n) is 6.74. The molecule has 0 saturated carbocycles. The zero-order valence-corrected chi connectivity index (χ0v) is 15.1. The van der Waals surface area contributed by atoms with Crippen molar-refractivity contribution in [1.29, 1.82) is 0 Å². The Kier molecular flexibility index (Phi) is 6.29. The number of carbonyl (C=O) groups is 1. The summed E-state index contributed by atoms with van der Waals surface area (Å²) in [7, 11) is 0. The number of carbonyl (C=O) groups excluding carboxylic acids is 1. The lowest BCUT2D eigenvalue weighted by Crippen LogP contribution is -2.32. The lowest BCUT2D eigenvalue weighted by Gasteiger charge is -2.13. The van der Waals surface area contributed by atoms with Crippen LogP contribution in [0.25, 0.3) is 6.08 Å². The zero-order chi connectivity index (χ0) is 17.6. The quantitative estimate of drug-likeness (QED) is 0.791. The molecule has 1 heterocycles. The van der Waals surface area contributed by atoms with Crippen molar-refractivity contribution < 1.29 is 9.90 Å². The van der Waals surface area contributed by atoms with Gasteiger partial charge in [-0.05, 0) is 11.6 Å². The van der Waals surface area contributed by atoms with Gasteiger partial charge in [0.2, 0.25) is 5.91 Å². The number of aromatic nitrogens is 1. The topological polar surface area (TPSA) is 62.2 Å². The van der Waals surface area contributed by atoms with E-state index in [0.29, 0.717) is 6.42 Å². The highest BCUT2D eigenvalue weighted by molar-refractivity contribution is 7.12. The highest BCUT2D eigenvalue weighted by atomic mass is 32.1. The molecule has 0 spiro atoms. The van der Waals surface area contributed by atoms with E-state index in [1.807, 2.05) is 30.3 Å². The molecule has 24 heavy (non-hydrogen) atoms. The van der Waals surface area contributed by atoms with Gasteiger partial charge in [0, 0.05) is 35.5 Å². The van der Waals surface area contributed by atoms with Gasteiger partial charge in [-0.2, -0.15) is 0 Å². The van der Waals surface area contributed by atoms with Crippen LogP contribution in [0.5, 0.6) is 0 Å². The van der Waals surface area contributed by atoms with E-state index in [4.69, 9.17) is 0 Å². The smallest absolute Gasteiger partial charge is 0.244 e. The van der Waals surface area contributed by atoms with Gasteiger partial charge in [0.05, 0.1) is 11.1 Å². The molecule has 5 heteroatoms. The van der Waals surface area contributed by atoms with Crippen LogP contribution in [-0.4, -0.2) is 28.6 Å². The molecule has 2 rings (SSSR count). The molecule has 1 aromatic heterocycles. The Morgan fingerprint density at radius 1 is 1.33 bits per heavy atom. The number of thiazole rings is 1. The molecular formula is C19H24N2O2S. The molecule has 0 radical (unpaired) electrons. The molecule has 1 atom stereocenters. The number of nitrogens with zero attached hydrogens (tertiary/aromatic N) is 1. The molecule has 0 aliphatic carbocycles. The van der Waals surface area contributed by atoms with Crippen LogP contribution in [-0.2, 0) is 16.6 Å². The van der Waals surface area contributed by atoms with Crippen molar-refractivity contribution in [2.75, 3.05) is 6.54 Å². The van der Waals surface area contributed by atoms with Gasteiger partial charge in [-0.15, -0.1) is 11.3 Å². The highest BCUT2D eigenvalue weighted by Gasteiger charge is 2.17. The molecular weight excluding hydrogens is 320 g/mol. The molecule has 1 amide bonds. The Balaban J connectivity index is 1.79. The summed E-state index contributed by atoms with van der Waals surface area (Å²) in [5.74, 6) is -0.215. The predicted octanol–water partition coefficient (Wildman–Crippen LogP) is 3.17. The minimum atomic E-state index is -0.597. The van der Waals surface area contributed by atoms with Crippen LogP contribution in [0.2, 0.25) is 0 Å². The summed E-state index contributed by atoms with van der Waals surface area (Å²) in [6.45, 7) is 6.56. The minimum absolute atomic E-state index is 0.0144. The Morgan fingerprint density at radius 3 is 2.67 bits per heavy atom. The van der Waals surface area contributed by atoms with Crippen molar-refractivity contribution >= 4 is 23.3 Å². The molecule has 0 fully saturated rings. The third kappa shape index (κ3) is 5.91. The molecule has 2 aromatic rings. The average Bonchev–Trinajstić information content (AvgIpc) is 3.01. The summed E-state index contributed by atoms with van der Waals surface area (Å²) >= 11 is 1.58. The van der Waals surface area contributed by atoms with Gasteiger partial charge in [0.15, 0.2) is 0 Å². The van der Waals surface area contributed by atoms with E-state index in [1.54, 1.807) is 23.6 Å². The van der Waals surface area contributed by atoms with Gasteiger partial charge in [0.25, 0.3) is 0 Å². The van der Waals surface area contributed by atoms with E-state index in [1.165, 1.54) is 6.08 Å². The fourth-order valence-electron chi connectivity index (χ4n) is 2.10.